The standard InChI is InChI=1S/C16H15FN4O/c1-20-16(21-7-2-3-8-21)14(11-19-20)15(22)18-10-12-5-4-6-13(17)9-12/h2-9,11H,10H2,1H3,(H,18,22). The average molecular weight is 298 g/mol. The third-order valence-corrected chi connectivity index (χ3v) is 3.34. The van der Waals surface area contributed by atoms with Crippen molar-refractivity contribution in [2.45, 2.75) is 6.54 Å². The first-order chi connectivity index (χ1) is 10.6. The first-order valence-electron chi connectivity index (χ1n) is 6.83. The van der Waals surface area contributed by atoms with E-state index in [4.69, 9.17) is 0 Å². The van der Waals surface area contributed by atoms with Gasteiger partial charge in [-0.2, -0.15) is 5.10 Å². The molecule has 0 aliphatic carbocycles. The predicted molar refractivity (Wildman–Crippen MR) is 80.1 cm³/mol. The Morgan fingerprint density at radius 1 is 1.27 bits per heavy atom. The van der Waals surface area contributed by atoms with Crippen LogP contribution in [0.4, 0.5) is 4.39 Å². The van der Waals surface area contributed by atoms with Gasteiger partial charge in [-0.25, -0.2) is 4.39 Å². The van der Waals surface area contributed by atoms with E-state index in [1.807, 2.05) is 29.1 Å². The van der Waals surface area contributed by atoms with E-state index in [-0.39, 0.29) is 18.3 Å². The summed E-state index contributed by atoms with van der Waals surface area (Å²) in [5.41, 5.74) is 1.18. The molecule has 5 nitrogen and oxygen atoms in total. The van der Waals surface area contributed by atoms with E-state index in [0.717, 1.165) is 0 Å². The summed E-state index contributed by atoms with van der Waals surface area (Å²) in [4.78, 5) is 12.4. The largest absolute Gasteiger partial charge is 0.348 e. The molecule has 112 valence electrons. The van der Waals surface area contributed by atoms with Crippen LogP contribution in [-0.2, 0) is 13.6 Å². The van der Waals surface area contributed by atoms with E-state index in [1.54, 1.807) is 23.9 Å². The van der Waals surface area contributed by atoms with E-state index in [9.17, 15) is 9.18 Å². The number of nitrogens with zero attached hydrogens (tertiary/aromatic N) is 3. The maximum absolute atomic E-state index is 13.1. The summed E-state index contributed by atoms with van der Waals surface area (Å²) in [7, 11) is 1.78. The van der Waals surface area contributed by atoms with E-state index < -0.39 is 0 Å². The molecular weight excluding hydrogens is 283 g/mol. The highest BCUT2D eigenvalue weighted by Gasteiger charge is 2.16. The highest BCUT2D eigenvalue weighted by Crippen LogP contribution is 2.14. The molecule has 0 bridgehead atoms. The topological polar surface area (TPSA) is 51.9 Å². The maximum Gasteiger partial charge on any atom is 0.256 e. The zero-order chi connectivity index (χ0) is 15.5. The molecule has 0 radical (unpaired) electrons. The van der Waals surface area contributed by atoms with E-state index in [2.05, 4.69) is 10.4 Å². The van der Waals surface area contributed by atoms with Crippen molar-refractivity contribution in [2.24, 2.45) is 7.05 Å². The Labute approximate surface area is 127 Å². The van der Waals surface area contributed by atoms with Crippen LogP contribution in [-0.4, -0.2) is 20.3 Å². The van der Waals surface area contributed by atoms with Crippen LogP contribution >= 0.6 is 0 Å². The van der Waals surface area contributed by atoms with Crippen molar-refractivity contribution in [3.63, 3.8) is 0 Å². The zero-order valence-electron chi connectivity index (χ0n) is 12.0. The molecule has 0 saturated heterocycles. The molecule has 2 aromatic heterocycles. The van der Waals surface area contributed by atoms with Crippen LogP contribution in [0.1, 0.15) is 15.9 Å². The molecule has 3 aromatic rings. The van der Waals surface area contributed by atoms with Gasteiger partial charge < -0.3 is 9.88 Å². The number of halogens is 1. The summed E-state index contributed by atoms with van der Waals surface area (Å²) in [5, 5.41) is 6.92. The Kier molecular flexibility index (Phi) is 3.74. The first kappa shape index (κ1) is 14.1. The van der Waals surface area contributed by atoms with Gasteiger partial charge in [-0.15, -0.1) is 0 Å². The molecule has 3 rings (SSSR count). The summed E-state index contributed by atoms with van der Waals surface area (Å²) in [6, 6.07) is 9.90. The number of nitrogens with one attached hydrogen (secondary N) is 1. The Balaban J connectivity index is 1.79. The smallest absolute Gasteiger partial charge is 0.256 e. The van der Waals surface area contributed by atoms with Crippen molar-refractivity contribution >= 4 is 5.91 Å². The van der Waals surface area contributed by atoms with Crippen molar-refractivity contribution < 1.29 is 9.18 Å². The molecule has 0 unspecified atom stereocenters. The molecule has 0 aliphatic heterocycles. The molecule has 22 heavy (non-hydrogen) atoms. The Morgan fingerprint density at radius 3 is 2.77 bits per heavy atom. The summed E-state index contributed by atoms with van der Waals surface area (Å²) in [6.07, 6.45) is 5.22. The number of benzene rings is 1. The minimum Gasteiger partial charge on any atom is -0.348 e. The minimum atomic E-state index is -0.318. The molecule has 2 heterocycles. The van der Waals surface area contributed by atoms with Gasteiger partial charge in [0.2, 0.25) is 0 Å². The molecule has 1 amide bonds. The van der Waals surface area contributed by atoms with Gasteiger partial charge in [0, 0.05) is 26.0 Å². The van der Waals surface area contributed by atoms with Gasteiger partial charge in [0.25, 0.3) is 5.91 Å². The Hall–Kier alpha value is -2.89. The van der Waals surface area contributed by atoms with Gasteiger partial charge in [-0.05, 0) is 29.8 Å². The van der Waals surface area contributed by atoms with Crippen molar-refractivity contribution in [1.29, 1.82) is 0 Å². The fourth-order valence-electron chi connectivity index (χ4n) is 2.30. The third-order valence-electron chi connectivity index (χ3n) is 3.34. The quantitative estimate of drug-likeness (QED) is 0.803. The minimum absolute atomic E-state index is 0.249. The second-order valence-corrected chi connectivity index (χ2v) is 4.91. The highest BCUT2D eigenvalue weighted by atomic mass is 19.1. The number of carbonyl (C=O) groups excluding carboxylic acids is 1. The van der Waals surface area contributed by atoms with Crippen LogP contribution in [0.3, 0.4) is 0 Å². The SMILES string of the molecule is Cn1ncc(C(=O)NCc2cccc(F)c2)c1-n1cccc1. The molecular formula is C16H15FN4O. The van der Waals surface area contributed by atoms with Crippen LogP contribution in [0.25, 0.3) is 5.82 Å². The lowest BCUT2D eigenvalue weighted by Gasteiger charge is -2.08. The van der Waals surface area contributed by atoms with Crippen LogP contribution < -0.4 is 5.32 Å². The van der Waals surface area contributed by atoms with Gasteiger partial charge in [0.15, 0.2) is 0 Å². The molecule has 0 aliphatic rings. The zero-order valence-corrected chi connectivity index (χ0v) is 12.0. The highest BCUT2D eigenvalue weighted by molar-refractivity contribution is 5.97. The van der Waals surface area contributed by atoms with Crippen molar-refractivity contribution in [3.05, 3.63) is 71.9 Å². The number of amides is 1. The number of aryl methyl sites for hydroxylation is 1. The van der Waals surface area contributed by atoms with Crippen LogP contribution in [0, 0.1) is 5.82 Å². The van der Waals surface area contributed by atoms with Crippen LogP contribution in [0.5, 0.6) is 0 Å². The van der Waals surface area contributed by atoms with E-state index in [1.165, 1.54) is 18.3 Å². The molecule has 0 atom stereocenters. The van der Waals surface area contributed by atoms with Gasteiger partial charge in [0.05, 0.1) is 6.20 Å². The van der Waals surface area contributed by atoms with Crippen molar-refractivity contribution in [2.75, 3.05) is 0 Å². The number of aromatic nitrogens is 3. The maximum atomic E-state index is 13.1. The van der Waals surface area contributed by atoms with Gasteiger partial charge in [0.1, 0.15) is 17.2 Å². The lowest BCUT2D eigenvalue weighted by molar-refractivity contribution is 0.0950. The van der Waals surface area contributed by atoms with Crippen molar-refractivity contribution in [3.8, 4) is 5.82 Å². The number of carbonyl (C=O) groups is 1. The molecule has 1 N–H and O–H groups in total. The van der Waals surface area contributed by atoms with Crippen LogP contribution in [0.15, 0.2) is 55.0 Å². The number of rotatable bonds is 4. The predicted octanol–water partition coefficient (Wildman–Crippen LogP) is 2.28. The molecule has 0 spiro atoms. The Bertz CT molecular complexity index is 792. The fourth-order valence-corrected chi connectivity index (χ4v) is 2.30. The van der Waals surface area contributed by atoms with Gasteiger partial charge >= 0.3 is 0 Å². The molecule has 6 heteroatoms. The summed E-state index contributed by atoms with van der Waals surface area (Å²) < 4.78 is 16.6. The number of hydrogen-bond acceptors (Lipinski definition) is 2. The number of hydrogen-bond donors (Lipinski definition) is 1. The van der Waals surface area contributed by atoms with E-state index >= 15 is 0 Å². The summed E-state index contributed by atoms with van der Waals surface area (Å²) >= 11 is 0. The first-order valence-corrected chi connectivity index (χ1v) is 6.83. The lowest BCUT2D eigenvalue weighted by Crippen LogP contribution is -2.24. The van der Waals surface area contributed by atoms with Crippen LogP contribution in [0.2, 0.25) is 0 Å². The second-order valence-electron chi connectivity index (χ2n) is 4.91. The molecule has 1 aromatic carbocycles. The van der Waals surface area contributed by atoms with E-state index in [0.29, 0.717) is 16.9 Å². The lowest BCUT2D eigenvalue weighted by atomic mass is 10.2. The monoisotopic (exact) mass is 298 g/mol. The fraction of sp³-hybridized carbons (Fsp3) is 0.125. The summed E-state index contributed by atoms with van der Waals surface area (Å²) in [5.74, 6) is 0.115. The normalized spacial score (nSPS) is 10.6. The third kappa shape index (κ3) is 2.76. The molecule has 0 fully saturated rings. The summed E-state index contributed by atoms with van der Waals surface area (Å²) in [6.45, 7) is 0.261. The van der Waals surface area contributed by atoms with Gasteiger partial charge in [-0.1, -0.05) is 12.1 Å². The molecule has 0 saturated carbocycles. The Morgan fingerprint density at radius 2 is 2.05 bits per heavy atom. The average Bonchev–Trinajstić information content (AvgIpc) is 3.14. The van der Waals surface area contributed by atoms with Gasteiger partial charge in [-0.3, -0.25) is 9.48 Å². The second kappa shape index (κ2) is 5.85. The van der Waals surface area contributed by atoms with Crippen molar-refractivity contribution in [1.82, 2.24) is 19.7 Å².